The van der Waals surface area contributed by atoms with Gasteiger partial charge in [0.25, 0.3) is 5.91 Å². The third kappa shape index (κ3) is 4.33. The molecule has 3 N–H and O–H groups in total. The topological polar surface area (TPSA) is 85.0 Å². The number of fused-ring (bicyclic) bond motifs is 1. The van der Waals surface area contributed by atoms with Gasteiger partial charge >= 0.3 is 0 Å². The van der Waals surface area contributed by atoms with Crippen LogP contribution in [0.1, 0.15) is 28.8 Å². The lowest BCUT2D eigenvalue weighted by Gasteiger charge is -2.37. The minimum atomic E-state index is -0.578. The number of amides is 1. The Morgan fingerprint density at radius 2 is 1.97 bits per heavy atom. The van der Waals surface area contributed by atoms with Crippen LogP contribution in [0.2, 0.25) is 0 Å². The lowest BCUT2D eigenvalue weighted by atomic mass is 10.1. The Hall–Kier alpha value is -2.48. The average Bonchev–Trinajstić information content (AvgIpc) is 3.20. The fourth-order valence-electron chi connectivity index (χ4n) is 4.37. The van der Waals surface area contributed by atoms with Crippen LogP contribution in [0.4, 0.5) is 4.39 Å². The van der Waals surface area contributed by atoms with Gasteiger partial charge in [0.1, 0.15) is 17.3 Å². The molecule has 1 saturated carbocycles. The van der Waals surface area contributed by atoms with E-state index in [-0.39, 0.29) is 36.1 Å². The van der Waals surface area contributed by atoms with Gasteiger partial charge < -0.3 is 25.2 Å². The predicted octanol–water partition coefficient (Wildman–Crippen LogP) is 2.73. The predicted molar refractivity (Wildman–Crippen MR) is 110 cm³/mol. The van der Waals surface area contributed by atoms with Gasteiger partial charge in [-0.25, -0.2) is 4.39 Å². The quantitative estimate of drug-likeness (QED) is 0.759. The van der Waals surface area contributed by atoms with Crippen LogP contribution in [0.5, 0.6) is 11.5 Å². The van der Waals surface area contributed by atoms with Gasteiger partial charge in [0.2, 0.25) is 0 Å². The highest BCUT2D eigenvalue weighted by Crippen LogP contribution is 2.35. The van der Waals surface area contributed by atoms with Crippen molar-refractivity contribution in [1.82, 2.24) is 4.90 Å². The Kier molecular flexibility index (Phi) is 6.32. The molecule has 1 aliphatic carbocycles. The summed E-state index contributed by atoms with van der Waals surface area (Å²) in [6.45, 7) is 1.47. The van der Waals surface area contributed by atoms with E-state index in [0.717, 1.165) is 18.4 Å². The Morgan fingerprint density at radius 1 is 1.20 bits per heavy atom. The van der Waals surface area contributed by atoms with Gasteiger partial charge in [-0.2, -0.15) is 0 Å². The zero-order valence-corrected chi connectivity index (χ0v) is 16.8. The van der Waals surface area contributed by atoms with Gasteiger partial charge in [0.05, 0.1) is 24.3 Å². The van der Waals surface area contributed by atoms with Gasteiger partial charge in [0.15, 0.2) is 0 Å². The second-order valence-corrected chi connectivity index (χ2v) is 7.92. The van der Waals surface area contributed by atoms with Crippen molar-refractivity contribution in [3.8, 4) is 11.5 Å². The number of aliphatic hydroxyl groups is 1. The monoisotopic (exact) mass is 414 g/mol. The largest absolute Gasteiger partial charge is 0.457 e. The van der Waals surface area contributed by atoms with Gasteiger partial charge in [-0.1, -0.05) is 12.1 Å². The smallest absolute Gasteiger partial charge is 0.257 e. The summed E-state index contributed by atoms with van der Waals surface area (Å²) in [4.78, 5) is 14.9. The van der Waals surface area contributed by atoms with Crippen LogP contribution >= 0.6 is 0 Å². The summed E-state index contributed by atoms with van der Waals surface area (Å²) in [5, 5.41) is 9.48. The number of hydrogen-bond donors (Lipinski definition) is 2. The molecular weight excluding hydrogens is 387 g/mol. The Labute approximate surface area is 175 Å². The normalized spacial score (nSPS) is 23.3. The van der Waals surface area contributed by atoms with E-state index in [1.165, 1.54) is 18.2 Å². The summed E-state index contributed by atoms with van der Waals surface area (Å²) in [6.07, 6.45) is 2.07. The van der Waals surface area contributed by atoms with Crippen molar-refractivity contribution in [3.05, 3.63) is 59.4 Å². The first-order chi connectivity index (χ1) is 14.6. The summed E-state index contributed by atoms with van der Waals surface area (Å²) in [5.41, 5.74) is 6.66. The van der Waals surface area contributed by atoms with E-state index in [9.17, 15) is 14.3 Å². The number of morpholine rings is 1. The average molecular weight is 414 g/mol. The van der Waals surface area contributed by atoms with E-state index < -0.39 is 5.82 Å². The molecule has 6 nitrogen and oxygen atoms in total. The van der Waals surface area contributed by atoms with E-state index in [4.69, 9.17) is 15.2 Å². The third-order valence-electron chi connectivity index (χ3n) is 5.91. The van der Waals surface area contributed by atoms with Crippen LogP contribution in [0.25, 0.3) is 0 Å². The van der Waals surface area contributed by atoms with Crippen LogP contribution in [0, 0.1) is 11.7 Å². The first kappa shape index (κ1) is 20.8. The van der Waals surface area contributed by atoms with Gasteiger partial charge in [0, 0.05) is 13.2 Å². The number of carbonyl (C=O) groups excluding carboxylic acids is 1. The molecule has 0 radical (unpaired) electrons. The number of nitrogens with zero attached hydrogens (tertiary/aromatic N) is 1. The molecule has 4 rings (SSSR count). The molecule has 1 unspecified atom stereocenters. The molecule has 160 valence electrons. The zero-order valence-electron chi connectivity index (χ0n) is 16.8. The summed E-state index contributed by atoms with van der Waals surface area (Å²) in [5.74, 6) is 0.165. The highest BCUT2D eigenvalue weighted by Gasteiger charge is 2.43. The van der Waals surface area contributed by atoms with Crippen molar-refractivity contribution < 1.29 is 23.8 Å². The molecule has 1 heterocycles. The van der Waals surface area contributed by atoms with Crippen LogP contribution < -0.4 is 10.5 Å². The second kappa shape index (κ2) is 9.12. The minimum absolute atomic E-state index is 0.0136. The highest BCUT2D eigenvalue weighted by atomic mass is 19.1. The number of nitrogens with two attached hydrogens (primary N) is 1. The van der Waals surface area contributed by atoms with E-state index in [1.807, 2.05) is 24.3 Å². The van der Waals surface area contributed by atoms with Crippen molar-refractivity contribution in [3.63, 3.8) is 0 Å². The fourth-order valence-corrected chi connectivity index (χ4v) is 4.37. The first-order valence-corrected chi connectivity index (χ1v) is 10.4. The van der Waals surface area contributed by atoms with Crippen LogP contribution in [-0.4, -0.2) is 54.4 Å². The summed E-state index contributed by atoms with van der Waals surface area (Å²) in [6, 6.07) is 11.6. The molecule has 30 heavy (non-hydrogen) atoms. The Balaban J connectivity index is 1.52. The number of hydrogen-bond acceptors (Lipinski definition) is 5. The van der Waals surface area contributed by atoms with E-state index in [0.29, 0.717) is 37.6 Å². The molecule has 2 aliphatic rings. The molecule has 2 aromatic carbocycles. The van der Waals surface area contributed by atoms with E-state index in [1.54, 1.807) is 4.90 Å². The molecule has 1 aliphatic heterocycles. The minimum Gasteiger partial charge on any atom is -0.457 e. The SMILES string of the molecule is NCCc1ccc(Oc2ccc(F)c(C(=O)N3CCOC4C[C@H](CO)C[C@@H]43)c2)cc1. The van der Waals surface area contributed by atoms with Crippen molar-refractivity contribution >= 4 is 5.91 Å². The van der Waals surface area contributed by atoms with E-state index in [2.05, 4.69) is 0 Å². The summed E-state index contributed by atoms with van der Waals surface area (Å²) in [7, 11) is 0. The van der Waals surface area contributed by atoms with E-state index >= 15 is 0 Å². The molecular formula is C23H27FN2O4. The number of ether oxygens (including phenoxy) is 2. The van der Waals surface area contributed by atoms with Crippen LogP contribution in [0.15, 0.2) is 42.5 Å². The molecule has 0 aromatic heterocycles. The Bertz CT molecular complexity index is 889. The highest BCUT2D eigenvalue weighted by molar-refractivity contribution is 5.95. The fraction of sp³-hybridized carbons (Fsp3) is 0.435. The molecule has 0 spiro atoms. The van der Waals surface area contributed by atoms with Crippen LogP contribution in [-0.2, 0) is 11.2 Å². The van der Waals surface area contributed by atoms with Gasteiger partial charge in [-0.3, -0.25) is 4.79 Å². The molecule has 2 fully saturated rings. The molecule has 2 aromatic rings. The maximum atomic E-state index is 14.6. The zero-order chi connectivity index (χ0) is 21.1. The maximum Gasteiger partial charge on any atom is 0.257 e. The Morgan fingerprint density at radius 3 is 2.70 bits per heavy atom. The lowest BCUT2D eigenvalue weighted by molar-refractivity contribution is -0.0450. The van der Waals surface area contributed by atoms with Crippen molar-refractivity contribution in [2.75, 3.05) is 26.3 Å². The number of halogens is 1. The number of aliphatic hydroxyl groups excluding tert-OH is 1. The van der Waals surface area contributed by atoms with Crippen LogP contribution in [0.3, 0.4) is 0 Å². The third-order valence-corrected chi connectivity index (χ3v) is 5.91. The first-order valence-electron chi connectivity index (χ1n) is 10.4. The van der Waals surface area contributed by atoms with Gasteiger partial charge in [-0.05, 0) is 67.6 Å². The molecule has 1 saturated heterocycles. The molecule has 7 heteroatoms. The maximum absolute atomic E-state index is 14.6. The summed E-state index contributed by atoms with van der Waals surface area (Å²) < 4.78 is 26.2. The number of rotatable bonds is 6. The lowest BCUT2D eigenvalue weighted by Crippen LogP contribution is -2.51. The number of carbonyl (C=O) groups is 1. The standard InChI is InChI=1S/C23H27FN2O4/c24-20-6-5-18(30-17-3-1-15(2-4-17)7-8-25)13-19(20)23(28)26-9-10-29-22-12-16(14-27)11-21(22)26/h1-6,13,16,21-22,27H,7-12,14,25H2/t16-,21+,22?/m1/s1. The summed E-state index contributed by atoms with van der Waals surface area (Å²) >= 11 is 0. The number of benzene rings is 2. The van der Waals surface area contributed by atoms with Gasteiger partial charge in [-0.15, -0.1) is 0 Å². The second-order valence-electron chi connectivity index (χ2n) is 7.92. The molecule has 3 atom stereocenters. The molecule has 0 bridgehead atoms. The van der Waals surface area contributed by atoms with Crippen molar-refractivity contribution in [2.45, 2.75) is 31.4 Å². The van der Waals surface area contributed by atoms with Crippen molar-refractivity contribution in [2.24, 2.45) is 11.7 Å². The van der Waals surface area contributed by atoms with Crippen molar-refractivity contribution in [1.29, 1.82) is 0 Å². The molecule has 1 amide bonds.